The normalized spacial score (nSPS) is 11.2. The van der Waals surface area contributed by atoms with Crippen molar-refractivity contribution in [3.05, 3.63) is 0 Å². The maximum atomic E-state index is 9.55. The maximum Gasteiger partial charge on any atom is 0.304 e. The van der Waals surface area contributed by atoms with E-state index in [0.29, 0.717) is 5.75 Å². The number of rotatable bonds is 2. The van der Waals surface area contributed by atoms with E-state index in [1.807, 2.05) is 0 Å². The molecule has 0 aromatic rings. The highest BCUT2D eigenvalue weighted by Crippen LogP contribution is 1.79. The summed E-state index contributed by atoms with van der Waals surface area (Å²) >= 11 is 7.20. The van der Waals surface area contributed by atoms with Gasteiger partial charge in [0, 0.05) is 5.75 Å². The van der Waals surface area contributed by atoms with E-state index >= 15 is 0 Å². The number of hydrogen-bond acceptors (Lipinski definition) is 4. The van der Waals surface area contributed by atoms with E-state index in [9.17, 15) is 4.79 Å². The van der Waals surface area contributed by atoms with E-state index in [4.69, 9.17) is 10.2 Å². The minimum Gasteiger partial charge on any atom is -0.481 e. The van der Waals surface area contributed by atoms with E-state index in [2.05, 4.69) is 25.3 Å². The average molecular weight is 184 g/mol. The van der Waals surface area contributed by atoms with Gasteiger partial charge in [0.2, 0.25) is 0 Å². The van der Waals surface area contributed by atoms with E-state index in [-0.39, 0.29) is 6.42 Å². The molecule has 0 fully saturated rings. The first-order chi connectivity index (χ1) is 4.50. The topological polar surface area (TPSA) is 57.5 Å². The van der Waals surface area contributed by atoms with Crippen molar-refractivity contribution in [3.8, 4) is 0 Å². The SMILES string of the molecule is CC(O)S.O=C(O)CCS. The van der Waals surface area contributed by atoms with Gasteiger partial charge in [-0.1, -0.05) is 0 Å². The van der Waals surface area contributed by atoms with Crippen LogP contribution in [0.3, 0.4) is 0 Å². The van der Waals surface area contributed by atoms with Crippen LogP contribution in [0.5, 0.6) is 0 Å². The molecule has 0 radical (unpaired) electrons. The Balaban J connectivity index is 0. The zero-order valence-corrected chi connectivity index (χ0v) is 7.48. The molecule has 0 aliphatic heterocycles. The Labute approximate surface area is 71.3 Å². The fraction of sp³-hybridized carbons (Fsp3) is 0.800. The van der Waals surface area contributed by atoms with Gasteiger partial charge in [0.05, 0.1) is 11.9 Å². The lowest BCUT2D eigenvalue weighted by atomic mass is 10.5. The largest absolute Gasteiger partial charge is 0.481 e. The number of aliphatic hydroxyl groups excluding tert-OH is 1. The Morgan fingerprint density at radius 1 is 1.70 bits per heavy atom. The van der Waals surface area contributed by atoms with Gasteiger partial charge in [-0.05, 0) is 6.92 Å². The van der Waals surface area contributed by atoms with Crippen LogP contribution < -0.4 is 0 Å². The van der Waals surface area contributed by atoms with Gasteiger partial charge >= 0.3 is 5.97 Å². The summed E-state index contributed by atoms with van der Waals surface area (Å²) in [6, 6.07) is 0. The summed E-state index contributed by atoms with van der Waals surface area (Å²) in [6.07, 6.45) is 0.156. The molecule has 0 heterocycles. The van der Waals surface area contributed by atoms with Crippen molar-refractivity contribution in [1.29, 1.82) is 0 Å². The number of carbonyl (C=O) groups is 1. The first kappa shape index (κ1) is 12.8. The highest BCUT2D eigenvalue weighted by Gasteiger charge is 1.88. The molecule has 62 valence electrons. The van der Waals surface area contributed by atoms with Crippen LogP contribution in [0, 0.1) is 0 Å². The predicted molar refractivity (Wildman–Crippen MR) is 46.8 cm³/mol. The molecule has 0 rings (SSSR count). The molecule has 0 spiro atoms. The molecule has 1 atom stereocenters. The zero-order chi connectivity index (χ0) is 8.57. The minimum absolute atomic E-state index is 0.156. The summed E-state index contributed by atoms with van der Waals surface area (Å²) in [5.41, 5.74) is -0.472. The van der Waals surface area contributed by atoms with E-state index < -0.39 is 11.4 Å². The standard InChI is InChI=1S/C3H6O2S.C2H6OS/c4-3(5)1-2-6;1-2(3)4/h6H,1-2H2,(H,4,5);2-4H,1H3. The number of carboxylic acids is 1. The molecular formula is C5H12O3S2. The number of thiol groups is 2. The Hall–Kier alpha value is 0.130. The molecule has 0 saturated heterocycles. The quantitative estimate of drug-likeness (QED) is 0.376. The first-order valence-electron chi connectivity index (χ1n) is 2.69. The average Bonchev–Trinajstić information content (AvgIpc) is 1.62. The van der Waals surface area contributed by atoms with Gasteiger partial charge in [-0.2, -0.15) is 12.6 Å². The second-order valence-electron chi connectivity index (χ2n) is 1.50. The highest BCUT2D eigenvalue weighted by molar-refractivity contribution is 7.80. The number of aliphatic hydroxyl groups is 1. The Morgan fingerprint density at radius 3 is 2.00 bits per heavy atom. The van der Waals surface area contributed by atoms with Gasteiger partial charge in [-0.3, -0.25) is 4.79 Å². The van der Waals surface area contributed by atoms with Crippen LogP contribution in [-0.2, 0) is 4.79 Å². The first-order valence-corrected chi connectivity index (χ1v) is 3.84. The van der Waals surface area contributed by atoms with Crippen LogP contribution in [-0.4, -0.2) is 27.4 Å². The molecule has 0 bridgehead atoms. The maximum absolute atomic E-state index is 9.55. The van der Waals surface area contributed by atoms with Crippen molar-refractivity contribution < 1.29 is 15.0 Å². The second kappa shape index (κ2) is 9.13. The van der Waals surface area contributed by atoms with Crippen molar-refractivity contribution >= 4 is 31.2 Å². The van der Waals surface area contributed by atoms with E-state index in [1.165, 1.54) is 0 Å². The summed E-state index contributed by atoms with van der Waals surface area (Å²) < 4.78 is 0. The third kappa shape index (κ3) is 42.2. The lowest BCUT2D eigenvalue weighted by Crippen LogP contribution is -1.93. The summed E-state index contributed by atoms with van der Waals surface area (Å²) in [5.74, 6) is -0.361. The Bertz CT molecular complexity index is 82.2. The number of hydrogen-bond donors (Lipinski definition) is 4. The predicted octanol–water partition coefficient (Wildman–Crippen LogP) is 0.645. The summed E-state index contributed by atoms with van der Waals surface area (Å²) in [5, 5.41) is 15.8. The lowest BCUT2D eigenvalue weighted by molar-refractivity contribution is -0.136. The van der Waals surface area contributed by atoms with Crippen molar-refractivity contribution in [2.45, 2.75) is 18.8 Å². The third-order valence-corrected chi connectivity index (χ3v) is 0.549. The monoisotopic (exact) mass is 184 g/mol. The van der Waals surface area contributed by atoms with Crippen LogP contribution >= 0.6 is 25.3 Å². The molecule has 3 nitrogen and oxygen atoms in total. The van der Waals surface area contributed by atoms with Crippen LogP contribution in [0.1, 0.15) is 13.3 Å². The molecule has 0 saturated carbocycles. The van der Waals surface area contributed by atoms with Crippen LogP contribution in [0.25, 0.3) is 0 Å². The third-order valence-electron chi connectivity index (χ3n) is 0.326. The molecule has 2 N–H and O–H groups in total. The van der Waals surface area contributed by atoms with Gasteiger partial charge in [0.15, 0.2) is 0 Å². The van der Waals surface area contributed by atoms with Gasteiger partial charge < -0.3 is 10.2 Å². The molecule has 10 heavy (non-hydrogen) atoms. The number of carboxylic acid groups (broad SMARTS) is 1. The molecule has 0 aliphatic rings. The minimum atomic E-state index is -0.787. The highest BCUT2D eigenvalue weighted by atomic mass is 32.1. The summed E-state index contributed by atoms with van der Waals surface area (Å²) in [7, 11) is 0. The smallest absolute Gasteiger partial charge is 0.304 e. The van der Waals surface area contributed by atoms with E-state index in [0.717, 1.165) is 0 Å². The van der Waals surface area contributed by atoms with Crippen LogP contribution in [0.15, 0.2) is 0 Å². The van der Waals surface area contributed by atoms with Gasteiger partial charge in [-0.15, -0.1) is 12.6 Å². The zero-order valence-electron chi connectivity index (χ0n) is 5.69. The van der Waals surface area contributed by atoms with Crippen molar-refractivity contribution in [3.63, 3.8) is 0 Å². The number of aliphatic carboxylic acids is 1. The molecule has 0 aromatic heterocycles. The molecule has 0 aromatic carbocycles. The second-order valence-corrected chi connectivity index (χ2v) is 2.69. The molecular weight excluding hydrogens is 172 g/mol. The lowest BCUT2D eigenvalue weighted by Gasteiger charge is -1.79. The van der Waals surface area contributed by atoms with Gasteiger partial charge in [0.1, 0.15) is 0 Å². The Morgan fingerprint density at radius 2 is 2.00 bits per heavy atom. The van der Waals surface area contributed by atoms with Crippen molar-refractivity contribution in [1.82, 2.24) is 0 Å². The Kier molecular flexibility index (Phi) is 11.7. The molecule has 0 amide bonds. The van der Waals surface area contributed by atoms with Gasteiger partial charge in [0.25, 0.3) is 0 Å². The van der Waals surface area contributed by atoms with E-state index in [1.54, 1.807) is 6.92 Å². The van der Waals surface area contributed by atoms with Crippen molar-refractivity contribution in [2.75, 3.05) is 5.75 Å². The van der Waals surface area contributed by atoms with Crippen LogP contribution in [0.4, 0.5) is 0 Å². The summed E-state index contributed by atoms with van der Waals surface area (Å²) in [6.45, 7) is 1.59. The fourth-order valence-corrected chi connectivity index (χ4v) is 0.287. The van der Waals surface area contributed by atoms with Gasteiger partial charge in [-0.25, -0.2) is 0 Å². The molecule has 5 heteroatoms. The fourth-order valence-electron chi connectivity index (χ4n) is 0.0956. The van der Waals surface area contributed by atoms with Crippen molar-refractivity contribution in [2.24, 2.45) is 0 Å². The molecule has 1 unspecified atom stereocenters. The summed E-state index contributed by atoms with van der Waals surface area (Å²) in [4.78, 5) is 9.55. The molecule has 0 aliphatic carbocycles. The van der Waals surface area contributed by atoms with Crippen LogP contribution in [0.2, 0.25) is 0 Å².